The number of hydrogen-bond donors (Lipinski definition) is 0. The van der Waals surface area contributed by atoms with E-state index in [9.17, 15) is 13.6 Å². The summed E-state index contributed by atoms with van der Waals surface area (Å²) < 4.78 is 27.0. The summed E-state index contributed by atoms with van der Waals surface area (Å²) in [7, 11) is 0. The molecule has 3 heteroatoms. The van der Waals surface area contributed by atoms with Crippen LogP contribution in [0.2, 0.25) is 0 Å². The van der Waals surface area contributed by atoms with Crippen molar-refractivity contribution in [1.82, 2.24) is 0 Å². The van der Waals surface area contributed by atoms with Crippen molar-refractivity contribution in [2.24, 2.45) is 5.92 Å². The molecule has 1 aromatic carbocycles. The van der Waals surface area contributed by atoms with Crippen LogP contribution in [0.15, 0.2) is 6.07 Å². The monoisotopic (exact) mass is 224 g/mol. The van der Waals surface area contributed by atoms with Crippen LogP contribution in [0.25, 0.3) is 0 Å². The first-order valence-corrected chi connectivity index (χ1v) is 5.51. The van der Waals surface area contributed by atoms with Crippen LogP contribution < -0.4 is 0 Å². The first kappa shape index (κ1) is 11.2. The number of carbonyl (C=O) groups excluding carboxylic acids is 1. The lowest BCUT2D eigenvalue weighted by molar-refractivity contribution is 0.0965. The van der Waals surface area contributed by atoms with Crippen LogP contribution in [0.5, 0.6) is 0 Å². The van der Waals surface area contributed by atoms with E-state index in [1.807, 2.05) is 6.92 Å². The summed E-state index contributed by atoms with van der Waals surface area (Å²) in [5.41, 5.74) is 0.964. The van der Waals surface area contributed by atoms with E-state index in [-0.39, 0.29) is 22.8 Å². The highest BCUT2D eigenvalue weighted by Crippen LogP contribution is 2.29. The molecular formula is C13H14F2O. The molecule has 0 aromatic heterocycles. The van der Waals surface area contributed by atoms with Gasteiger partial charge in [-0.2, -0.15) is 0 Å². The third kappa shape index (κ3) is 1.75. The molecule has 0 fully saturated rings. The van der Waals surface area contributed by atoms with Crippen LogP contribution >= 0.6 is 0 Å². The van der Waals surface area contributed by atoms with E-state index < -0.39 is 11.6 Å². The molecular weight excluding hydrogens is 210 g/mol. The molecule has 0 bridgehead atoms. The van der Waals surface area contributed by atoms with Gasteiger partial charge in [0, 0.05) is 18.1 Å². The van der Waals surface area contributed by atoms with E-state index in [4.69, 9.17) is 0 Å². The van der Waals surface area contributed by atoms with Crippen molar-refractivity contribution in [3.63, 3.8) is 0 Å². The van der Waals surface area contributed by atoms with Crippen LogP contribution in [-0.2, 0) is 6.42 Å². The van der Waals surface area contributed by atoms with Crippen molar-refractivity contribution >= 4 is 5.78 Å². The lowest BCUT2D eigenvalue weighted by Gasteiger charge is -2.10. The van der Waals surface area contributed by atoms with Crippen molar-refractivity contribution in [2.45, 2.75) is 33.1 Å². The van der Waals surface area contributed by atoms with Crippen molar-refractivity contribution in [2.75, 3.05) is 0 Å². The van der Waals surface area contributed by atoms with Gasteiger partial charge in [0.05, 0.1) is 0 Å². The first-order chi connectivity index (χ1) is 7.50. The minimum Gasteiger partial charge on any atom is -0.294 e. The molecule has 0 heterocycles. The van der Waals surface area contributed by atoms with Crippen LogP contribution in [0.1, 0.15) is 41.3 Å². The van der Waals surface area contributed by atoms with Gasteiger partial charge in [0.25, 0.3) is 0 Å². The number of rotatable bonds is 0. The van der Waals surface area contributed by atoms with Gasteiger partial charge < -0.3 is 0 Å². The lowest BCUT2D eigenvalue weighted by Crippen LogP contribution is -2.08. The van der Waals surface area contributed by atoms with E-state index in [1.54, 1.807) is 6.92 Å². The Morgan fingerprint density at radius 1 is 1.31 bits per heavy atom. The van der Waals surface area contributed by atoms with Crippen molar-refractivity contribution < 1.29 is 13.6 Å². The van der Waals surface area contributed by atoms with Gasteiger partial charge in [-0.05, 0) is 36.8 Å². The van der Waals surface area contributed by atoms with Gasteiger partial charge in [-0.1, -0.05) is 6.92 Å². The van der Waals surface area contributed by atoms with E-state index >= 15 is 0 Å². The maximum absolute atomic E-state index is 13.6. The second kappa shape index (κ2) is 3.96. The van der Waals surface area contributed by atoms with Gasteiger partial charge in [0.1, 0.15) is 11.6 Å². The molecule has 0 amide bonds. The van der Waals surface area contributed by atoms with E-state index in [2.05, 4.69) is 0 Å². The molecule has 1 aliphatic carbocycles. The Morgan fingerprint density at radius 2 is 2.00 bits per heavy atom. The molecule has 0 aliphatic heterocycles. The molecule has 1 unspecified atom stereocenters. The minimum atomic E-state index is -0.626. The Labute approximate surface area is 93.5 Å². The minimum absolute atomic E-state index is 0.129. The highest BCUT2D eigenvalue weighted by molar-refractivity contribution is 5.99. The van der Waals surface area contributed by atoms with Gasteiger partial charge in [0.2, 0.25) is 0 Å². The fourth-order valence-corrected chi connectivity index (χ4v) is 2.30. The van der Waals surface area contributed by atoms with Crippen molar-refractivity contribution in [3.05, 3.63) is 34.4 Å². The van der Waals surface area contributed by atoms with Crippen LogP contribution in [0.4, 0.5) is 8.78 Å². The Bertz CT molecular complexity index is 452. The zero-order valence-corrected chi connectivity index (χ0v) is 9.44. The second-order valence-electron chi connectivity index (χ2n) is 4.59. The van der Waals surface area contributed by atoms with Gasteiger partial charge in [0.15, 0.2) is 5.78 Å². The third-order valence-corrected chi connectivity index (χ3v) is 3.28. The summed E-state index contributed by atoms with van der Waals surface area (Å²) in [5, 5.41) is 0. The Morgan fingerprint density at radius 3 is 2.69 bits per heavy atom. The number of carbonyl (C=O) groups is 1. The van der Waals surface area contributed by atoms with Gasteiger partial charge in [-0.25, -0.2) is 8.78 Å². The molecule has 0 N–H and O–H groups in total. The maximum atomic E-state index is 13.6. The highest BCUT2D eigenvalue weighted by atomic mass is 19.1. The van der Waals surface area contributed by atoms with E-state index in [0.717, 1.165) is 12.5 Å². The second-order valence-corrected chi connectivity index (χ2v) is 4.59. The summed E-state index contributed by atoms with van der Waals surface area (Å²) >= 11 is 0. The lowest BCUT2D eigenvalue weighted by atomic mass is 9.96. The standard InChI is InChI=1S/C13H14F2O/c1-7-3-4-9-11(15)6-10(14)8(2)13(9)12(16)5-7/h6-7H,3-5H2,1-2H3. The van der Waals surface area contributed by atoms with Crippen LogP contribution in [0.3, 0.4) is 0 Å². The van der Waals surface area contributed by atoms with Gasteiger partial charge in [-0.15, -0.1) is 0 Å². The highest BCUT2D eigenvalue weighted by Gasteiger charge is 2.25. The molecule has 0 saturated heterocycles. The molecule has 1 atom stereocenters. The predicted octanol–water partition coefficient (Wildman–Crippen LogP) is 3.43. The zero-order valence-electron chi connectivity index (χ0n) is 9.44. The Kier molecular flexibility index (Phi) is 2.78. The van der Waals surface area contributed by atoms with E-state index in [0.29, 0.717) is 18.4 Å². The van der Waals surface area contributed by atoms with Gasteiger partial charge >= 0.3 is 0 Å². The van der Waals surface area contributed by atoms with E-state index in [1.165, 1.54) is 0 Å². The molecule has 0 radical (unpaired) electrons. The first-order valence-electron chi connectivity index (χ1n) is 5.51. The zero-order chi connectivity index (χ0) is 11.9. The van der Waals surface area contributed by atoms with Gasteiger partial charge in [-0.3, -0.25) is 4.79 Å². The summed E-state index contributed by atoms with van der Waals surface area (Å²) in [6.07, 6.45) is 1.69. The SMILES string of the molecule is Cc1c(F)cc(F)c2c1C(=O)CC(C)CC2. The number of ketones is 1. The molecule has 1 nitrogen and oxygen atoms in total. The fourth-order valence-electron chi connectivity index (χ4n) is 2.30. The summed E-state index contributed by atoms with van der Waals surface area (Å²) in [5.74, 6) is -1.10. The largest absolute Gasteiger partial charge is 0.294 e. The molecule has 0 saturated carbocycles. The molecule has 1 aliphatic rings. The van der Waals surface area contributed by atoms with Crippen molar-refractivity contribution in [3.8, 4) is 0 Å². The molecule has 0 spiro atoms. The quantitative estimate of drug-likeness (QED) is 0.617. The fraction of sp³-hybridized carbons (Fsp3) is 0.462. The predicted molar refractivity (Wildman–Crippen MR) is 57.5 cm³/mol. The normalized spacial score (nSPS) is 20.5. The van der Waals surface area contributed by atoms with Crippen LogP contribution in [0, 0.1) is 24.5 Å². The average Bonchev–Trinajstić information content (AvgIpc) is 2.34. The number of benzene rings is 1. The molecule has 16 heavy (non-hydrogen) atoms. The summed E-state index contributed by atoms with van der Waals surface area (Å²) in [6.45, 7) is 3.51. The molecule has 86 valence electrons. The summed E-state index contributed by atoms with van der Waals surface area (Å²) in [6, 6.07) is 0.886. The third-order valence-electron chi connectivity index (χ3n) is 3.28. The maximum Gasteiger partial charge on any atom is 0.163 e. The molecule has 2 rings (SSSR count). The smallest absolute Gasteiger partial charge is 0.163 e. The number of fused-ring (bicyclic) bond motifs is 1. The number of halogens is 2. The Balaban J connectivity index is 2.64. The number of hydrogen-bond acceptors (Lipinski definition) is 1. The summed E-state index contributed by atoms with van der Waals surface area (Å²) in [4.78, 5) is 11.9. The number of Topliss-reactive ketones (excluding diaryl/α,β-unsaturated/α-hetero) is 1. The topological polar surface area (TPSA) is 17.1 Å². The van der Waals surface area contributed by atoms with Crippen molar-refractivity contribution in [1.29, 1.82) is 0 Å². The average molecular weight is 224 g/mol. The van der Waals surface area contributed by atoms with Crippen LogP contribution in [-0.4, -0.2) is 5.78 Å². The molecule has 1 aromatic rings. The Hall–Kier alpha value is -1.25.